The third-order valence-electron chi connectivity index (χ3n) is 2.64. The molecular weight excluding hydrogens is 249 g/mol. The lowest BCUT2D eigenvalue weighted by Gasteiger charge is -2.06. The average Bonchev–Trinajstić information content (AvgIpc) is 2.75. The second-order valence-electron chi connectivity index (χ2n) is 4.19. The van der Waals surface area contributed by atoms with E-state index in [1.165, 1.54) is 18.2 Å². The number of aromatic nitrogens is 2. The Morgan fingerprint density at radius 2 is 2.21 bits per heavy atom. The van der Waals surface area contributed by atoms with E-state index in [9.17, 15) is 9.18 Å². The molecule has 0 aliphatic rings. The number of aryl methyl sites for hydroxylation is 2. The summed E-state index contributed by atoms with van der Waals surface area (Å²) in [6.45, 7) is 3.80. The number of rotatable bonds is 4. The van der Waals surface area contributed by atoms with Gasteiger partial charge < -0.3 is 9.84 Å². The van der Waals surface area contributed by atoms with E-state index in [0.717, 1.165) is 0 Å². The van der Waals surface area contributed by atoms with Crippen LogP contribution in [0, 0.1) is 19.7 Å². The number of benzene rings is 1. The molecule has 2 rings (SSSR count). The number of nitrogens with zero attached hydrogens (tertiary/aromatic N) is 2. The molecule has 0 saturated heterocycles. The number of amides is 1. The first-order valence-electron chi connectivity index (χ1n) is 5.90. The highest BCUT2D eigenvalue weighted by atomic mass is 19.1. The molecule has 0 bridgehead atoms. The molecule has 1 aromatic carbocycles. The number of hydrogen-bond donors (Lipinski definition) is 1. The zero-order chi connectivity index (χ0) is 13.8. The Bertz CT molecular complexity index is 595. The molecule has 0 radical (unpaired) electrons. The molecule has 0 fully saturated rings. The van der Waals surface area contributed by atoms with E-state index in [2.05, 4.69) is 15.5 Å². The SMILES string of the molecule is Cc1nc(CCNC(=O)c2ccc(F)cc2C)no1. The van der Waals surface area contributed by atoms with Gasteiger partial charge >= 0.3 is 0 Å². The fourth-order valence-corrected chi connectivity index (χ4v) is 1.71. The summed E-state index contributed by atoms with van der Waals surface area (Å²) < 4.78 is 17.8. The van der Waals surface area contributed by atoms with Crippen molar-refractivity contribution in [1.82, 2.24) is 15.5 Å². The fraction of sp³-hybridized carbons (Fsp3) is 0.308. The van der Waals surface area contributed by atoms with Crippen LogP contribution in [0.5, 0.6) is 0 Å². The van der Waals surface area contributed by atoms with E-state index in [-0.39, 0.29) is 11.7 Å². The maximum atomic E-state index is 12.9. The Kier molecular flexibility index (Phi) is 3.89. The summed E-state index contributed by atoms with van der Waals surface area (Å²) in [6.07, 6.45) is 0.489. The van der Waals surface area contributed by atoms with Crippen molar-refractivity contribution in [3.05, 3.63) is 46.9 Å². The molecule has 1 amide bonds. The highest BCUT2D eigenvalue weighted by molar-refractivity contribution is 5.95. The molecule has 1 N–H and O–H groups in total. The summed E-state index contributed by atoms with van der Waals surface area (Å²) in [5, 5.41) is 6.46. The van der Waals surface area contributed by atoms with Crippen LogP contribution in [0.3, 0.4) is 0 Å². The summed E-state index contributed by atoms with van der Waals surface area (Å²) >= 11 is 0. The van der Waals surface area contributed by atoms with Crippen molar-refractivity contribution < 1.29 is 13.7 Å². The maximum Gasteiger partial charge on any atom is 0.251 e. The minimum Gasteiger partial charge on any atom is -0.352 e. The molecule has 0 aliphatic carbocycles. The van der Waals surface area contributed by atoms with E-state index in [0.29, 0.717) is 35.8 Å². The van der Waals surface area contributed by atoms with Gasteiger partial charge in [-0.3, -0.25) is 4.79 Å². The van der Waals surface area contributed by atoms with Gasteiger partial charge in [0, 0.05) is 25.5 Å². The Morgan fingerprint density at radius 1 is 1.42 bits per heavy atom. The highest BCUT2D eigenvalue weighted by Crippen LogP contribution is 2.09. The van der Waals surface area contributed by atoms with Gasteiger partial charge in [0.2, 0.25) is 5.89 Å². The third-order valence-corrected chi connectivity index (χ3v) is 2.64. The molecule has 0 atom stereocenters. The first-order chi connectivity index (χ1) is 9.06. The molecule has 6 heteroatoms. The molecule has 0 spiro atoms. The van der Waals surface area contributed by atoms with Crippen LogP contribution < -0.4 is 5.32 Å². The van der Waals surface area contributed by atoms with Crippen molar-refractivity contribution in [2.75, 3.05) is 6.54 Å². The molecule has 1 aromatic heterocycles. The highest BCUT2D eigenvalue weighted by Gasteiger charge is 2.09. The first-order valence-corrected chi connectivity index (χ1v) is 5.90. The summed E-state index contributed by atoms with van der Waals surface area (Å²) in [4.78, 5) is 15.9. The smallest absolute Gasteiger partial charge is 0.251 e. The minimum absolute atomic E-state index is 0.238. The number of carbonyl (C=O) groups excluding carboxylic acids is 1. The van der Waals surface area contributed by atoms with Crippen LogP contribution in [-0.4, -0.2) is 22.6 Å². The van der Waals surface area contributed by atoms with Crippen molar-refractivity contribution in [2.24, 2.45) is 0 Å². The van der Waals surface area contributed by atoms with Gasteiger partial charge in [0.25, 0.3) is 5.91 Å². The van der Waals surface area contributed by atoms with Crippen molar-refractivity contribution in [1.29, 1.82) is 0 Å². The number of nitrogens with one attached hydrogen (secondary N) is 1. The molecule has 5 nitrogen and oxygen atoms in total. The average molecular weight is 263 g/mol. The topological polar surface area (TPSA) is 68.0 Å². The van der Waals surface area contributed by atoms with Crippen LogP contribution in [0.2, 0.25) is 0 Å². The van der Waals surface area contributed by atoms with Gasteiger partial charge in [-0.1, -0.05) is 5.16 Å². The van der Waals surface area contributed by atoms with Gasteiger partial charge in [0.15, 0.2) is 5.82 Å². The van der Waals surface area contributed by atoms with Crippen molar-refractivity contribution in [2.45, 2.75) is 20.3 Å². The summed E-state index contributed by atoms with van der Waals surface area (Å²) in [5.74, 6) is 0.457. The number of halogens is 1. The minimum atomic E-state index is -0.351. The molecule has 19 heavy (non-hydrogen) atoms. The Balaban J connectivity index is 1.90. The van der Waals surface area contributed by atoms with E-state index < -0.39 is 0 Å². The normalized spacial score (nSPS) is 10.5. The standard InChI is InChI=1S/C13H14FN3O2/c1-8-7-10(14)3-4-11(8)13(18)15-6-5-12-16-9(2)19-17-12/h3-4,7H,5-6H2,1-2H3,(H,15,18). The molecule has 0 unspecified atom stereocenters. The summed E-state index contributed by atoms with van der Waals surface area (Å²) in [5.41, 5.74) is 1.07. The van der Waals surface area contributed by atoms with Crippen LogP contribution >= 0.6 is 0 Å². The first kappa shape index (κ1) is 13.2. The molecule has 0 aliphatic heterocycles. The zero-order valence-electron chi connectivity index (χ0n) is 10.7. The monoisotopic (exact) mass is 263 g/mol. The second kappa shape index (κ2) is 5.60. The third kappa shape index (κ3) is 3.37. The Hall–Kier alpha value is -2.24. The Morgan fingerprint density at radius 3 is 2.84 bits per heavy atom. The van der Waals surface area contributed by atoms with Crippen LogP contribution in [-0.2, 0) is 6.42 Å². The summed E-state index contributed by atoms with van der Waals surface area (Å²) in [6, 6.07) is 4.07. The van der Waals surface area contributed by atoms with Gasteiger partial charge in [0.1, 0.15) is 5.82 Å². The number of carbonyl (C=O) groups is 1. The van der Waals surface area contributed by atoms with E-state index in [4.69, 9.17) is 4.52 Å². The van der Waals surface area contributed by atoms with Crippen molar-refractivity contribution >= 4 is 5.91 Å². The molecular formula is C13H14FN3O2. The predicted molar refractivity (Wildman–Crippen MR) is 66.2 cm³/mol. The van der Waals surface area contributed by atoms with Gasteiger partial charge in [-0.15, -0.1) is 0 Å². The quantitative estimate of drug-likeness (QED) is 0.913. The molecule has 0 saturated carbocycles. The lowest BCUT2D eigenvalue weighted by molar-refractivity contribution is 0.0953. The predicted octanol–water partition coefficient (Wildman–Crippen LogP) is 1.80. The second-order valence-corrected chi connectivity index (χ2v) is 4.19. The molecule has 100 valence electrons. The van der Waals surface area contributed by atoms with Gasteiger partial charge in [0.05, 0.1) is 0 Å². The molecule has 1 heterocycles. The maximum absolute atomic E-state index is 12.9. The fourth-order valence-electron chi connectivity index (χ4n) is 1.71. The lowest BCUT2D eigenvalue weighted by Crippen LogP contribution is -2.26. The van der Waals surface area contributed by atoms with E-state index in [1.54, 1.807) is 13.8 Å². The number of hydrogen-bond acceptors (Lipinski definition) is 4. The van der Waals surface area contributed by atoms with Crippen molar-refractivity contribution in [3.63, 3.8) is 0 Å². The van der Waals surface area contributed by atoms with Crippen LogP contribution in [0.4, 0.5) is 4.39 Å². The molecule has 2 aromatic rings. The van der Waals surface area contributed by atoms with Crippen molar-refractivity contribution in [3.8, 4) is 0 Å². The van der Waals surface area contributed by atoms with Crippen LogP contribution in [0.15, 0.2) is 22.7 Å². The van der Waals surface area contributed by atoms with Crippen LogP contribution in [0.25, 0.3) is 0 Å². The zero-order valence-corrected chi connectivity index (χ0v) is 10.7. The van der Waals surface area contributed by atoms with Gasteiger partial charge in [-0.2, -0.15) is 4.98 Å². The Labute approximate surface area is 109 Å². The van der Waals surface area contributed by atoms with Crippen LogP contribution in [0.1, 0.15) is 27.6 Å². The van der Waals surface area contributed by atoms with E-state index in [1.807, 2.05) is 0 Å². The van der Waals surface area contributed by atoms with Gasteiger partial charge in [-0.25, -0.2) is 4.39 Å². The van der Waals surface area contributed by atoms with Gasteiger partial charge in [-0.05, 0) is 30.7 Å². The largest absolute Gasteiger partial charge is 0.352 e. The van der Waals surface area contributed by atoms with E-state index >= 15 is 0 Å². The summed E-state index contributed by atoms with van der Waals surface area (Å²) in [7, 11) is 0. The lowest BCUT2D eigenvalue weighted by atomic mass is 10.1.